The summed E-state index contributed by atoms with van der Waals surface area (Å²) in [6.45, 7) is 5.15. The quantitative estimate of drug-likeness (QED) is 0.767. The lowest BCUT2D eigenvalue weighted by molar-refractivity contribution is -0.135. The summed E-state index contributed by atoms with van der Waals surface area (Å²) in [7, 11) is 0. The number of nitrogens with zero attached hydrogens (tertiary/aromatic N) is 4. The monoisotopic (exact) mass is 224 g/mol. The first-order valence-corrected chi connectivity index (χ1v) is 5.37. The molecule has 16 heavy (non-hydrogen) atoms. The molecule has 2 heterocycles. The van der Waals surface area contributed by atoms with Crippen molar-refractivity contribution in [2.24, 2.45) is 0 Å². The molecule has 1 aromatic rings. The van der Waals surface area contributed by atoms with Crippen LogP contribution in [0.15, 0.2) is 6.20 Å². The van der Waals surface area contributed by atoms with E-state index in [1.807, 2.05) is 0 Å². The van der Waals surface area contributed by atoms with E-state index >= 15 is 0 Å². The molecule has 0 radical (unpaired) electrons. The van der Waals surface area contributed by atoms with Crippen LogP contribution in [0.25, 0.3) is 0 Å². The van der Waals surface area contributed by atoms with Crippen molar-refractivity contribution in [3.8, 4) is 0 Å². The highest BCUT2D eigenvalue weighted by Crippen LogP contribution is 2.15. The number of rotatable bonds is 3. The van der Waals surface area contributed by atoms with Gasteiger partial charge in [-0.1, -0.05) is 5.21 Å². The minimum Gasteiger partial charge on any atom is -0.384 e. The molecule has 0 unspecified atom stereocenters. The van der Waals surface area contributed by atoms with Crippen LogP contribution in [0.5, 0.6) is 0 Å². The molecule has 2 rings (SSSR count). The summed E-state index contributed by atoms with van der Waals surface area (Å²) in [5, 5.41) is 17.4. The Morgan fingerprint density at radius 1 is 1.56 bits per heavy atom. The number of hydrogen-bond donors (Lipinski definition) is 1. The van der Waals surface area contributed by atoms with Gasteiger partial charge in [0.05, 0.1) is 6.20 Å². The number of aromatic nitrogens is 3. The van der Waals surface area contributed by atoms with Crippen molar-refractivity contribution in [2.75, 3.05) is 13.1 Å². The second-order valence-corrected chi connectivity index (χ2v) is 4.59. The van der Waals surface area contributed by atoms with Crippen molar-refractivity contribution in [1.82, 2.24) is 19.9 Å². The Morgan fingerprint density at radius 2 is 2.25 bits per heavy atom. The molecule has 1 amide bonds. The van der Waals surface area contributed by atoms with E-state index in [0.717, 1.165) is 19.5 Å². The average Bonchev–Trinajstić information content (AvgIpc) is 2.47. The molecular formula is C10H16N4O2. The lowest BCUT2D eigenvalue weighted by Gasteiger charge is -2.30. The largest absolute Gasteiger partial charge is 0.384 e. The third kappa shape index (κ3) is 2.21. The first-order valence-electron chi connectivity index (χ1n) is 5.37. The molecule has 88 valence electrons. The maximum absolute atomic E-state index is 11.6. The third-order valence-electron chi connectivity index (χ3n) is 2.67. The number of carbonyl (C=O) groups is 1. The molecule has 1 N–H and O–H groups in total. The van der Waals surface area contributed by atoms with E-state index in [9.17, 15) is 9.90 Å². The first-order chi connectivity index (χ1) is 7.47. The molecule has 1 saturated heterocycles. The molecule has 6 heteroatoms. The Labute approximate surface area is 93.9 Å². The van der Waals surface area contributed by atoms with Gasteiger partial charge in [-0.25, -0.2) is 4.68 Å². The summed E-state index contributed by atoms with van der Waals surface area (Å²) >= 11 is 0. The highest BCUT2D eigenvalue weighted by molar-refractivity contribution is 5.76. The fraction of sp³-hybridized carbons (Fsp3) is 0.700. The molecule has 0 spiro atoms. The third-order valence-corrected chi connectivity index (χ3v) is 2.67. The number of amides is 1. The van der Waals surface area contributed by atoms with Gasteiger partial charge < -0.3 is 10.0 Å². The van der Waals surface area contributed by atoms with E-state index in [1.54, 1.807) is 24.9 Å². The molecule has 0 aliphatic carbocycles. The van der Waals surface area contributed by atoms with Gasteiger partial charge in [0.2, 0.25) is 5.91 Å². The SMILES string of the molecule is CC(C)(O)c1cn(CC(=O)N2CCC2)nn1. The summed E-state index contributed by atoms with van der Waals surface area (Å²) in [5.41, 5.74) is -0.540. The normalized spacial score (nSPS) is 16.1. The molecule has 1 aliphatic heterocycles. The summed E-state index contributed by atoms with van der Waals surface area (Å²) in [5.74, 6) is 0.0541. The number of aliphatic hydroxyl groups is 1. The second kappa shape index (κ2) is 3.86. The van der Waals surface area contributed by atoms with Gasteiger partial charge in [-0.2, -0.15) is 0 Å². The van der Waals surface area contributed by atoms with Crippen molar-refractivity contribution in [3.05, 3.63) is 11.9 Å². The standard InChI is InChI=1S/C10H16N4O2/c1-10(2,16)8-6-14(12-11-8)7-9(15)13-4-3-5-13/h6,16H,3-5,7H2,1-2H3. The molecular weight excluding hydrogens is 208 g/mol. The van der Waals surface area contributed by atoms with Crippen LogP contribution in [-0.2, 0) is 16.9 Å². The van der Waals surface area contributed by atoms with Crippen molar-refractivity contribution < 1.29 is 9.90 Å². The second-order valence-electron chi connectivity index (χ2n) is 4.59. The maximum Gasteiger partial charge on any atom is 0.244 e. The summed E-state index contributed by atoms with van der Waals surface area (Å²) in [6, 6.07) is 0. The number of likely N-dealkylation sites (tertiary alicyclic amines) is 1. The fourth-order valence-electron chi connectivity index (χ4n) is 1.46. The Hall–Kier alpha value is -1.43. The van der Waals surface area contributed by atoms with Crippen LogP contribution in [0.4, 0.5) is 0 Å². The molecule has 0 atom stereocenters. The van der Waals surface area contributed by atoms with E-state index in [1.165, 1.54) is 4.68 Å². The fourth-order valence-corrected chi connectivity index (χ4v) is 1.46. The lowest BCUT2D eigenvalue weighted by Crippen LogP contribution is -2.43. The molecule has 6 nitrogen and oxygen atoms in total. The molecule has 0 bridgehead atoms. The molecule has 1 aromatic heterocycles. The van der Waals surface area contributed by atoms with Gasteiger partial charge in [0.25, 0.3) is 0 Å². The Bertz CT molecular complexity index is 390. The van der Waals surface area contributed by atoms with E-state index in [0.29, 0.717) is 5.69 Å². The molecule has 1 aliphatic rings. The first kappa shape index (κ1) is 11.1. The predicted molar refractivity (Wildman–Crippen MR) is 56.5 cm³/mol. The van der Waals surface area contributed by atoms with Gasteiger partial charge in [0.1, 0.15) is 17.8 Å². The zero-order chi connectivity index (χ0) is 11.8. The van der Waals surface area contributed by atoms with Crippen molar-refractivity contribution in [1.29, 1.82) is 0 Å². The molecule has 0 saturated carbocycles. The van der Waals surface area contributed by atoms with E-state index in [4.69, 9.17) is 0 Å². The van der Waals surface area contributed by atoms with Gasteiger partial charge >= 0.3 is 0 Å². The molecule has 0 aromatic carbocycles. The van der Waals surface area contributed by atoms with E-state index in [2.05, 4.69) is 10.3 Å². The predicted octanol–water partition coefficient (Wildman–Crippen LogP) is -0.262. The summed E-state index contributed by atoms with van der Waals surface area (Å²) < 4.78 is 1.47. The highest BCUT2D eigenvalue weighted by Gasteiger charge is 2.23. The molecule has 1 fully saturated rings. The number of hydrogen-bond acceptors (Lipinski definition) is 4. The van der Waals surface area contributed by atoms with E-state index in [-0.39, 0.29) is 12.5 Å². The zero-order valence-corrected chi connectivity index (χ0v) is 9.55. The minimum absolute atomic E-state index is 0.0541. The van der Waals surface area contributed by atoms with Gasteiger partial charge in [0, 0.05) is 13.1 Å². The summed E-state index contributed by atoms with van der Waals surface area (Å²) in [4.78, 5) is 13.4. The van der Waals surface area contributed by atoms with Gasteiger partial charge in [-0.3, -0.25) is 4.79 Å². The highest BCUT2D eigenvalue weighted by atomic mass is 16.3. The average molecular weight is 224 g/mol. The topological polar surface area (TPSA) is 71.2 Å². The van der Waals surface area contributed by atoms with Gasteiger partial charge in [0.15, 0.2) is 0 Å². The van der Waals surface area contributed by atoms with Gasteiger partial charge in [-0.15, -0.1) is 5.10 Å². The smallest absolute Gasteiger partial charge is 0.244 e. The Kier molecular flexibility index (Phi) is 2.67. The summed E-state index contributed by atoms with van der Waals surface area (Å²) in [6.07, 6.45) is 2.69. The van der Waals surface area contributed by atoms with Crippen LogP contribution in [0.1, 0.15) is 26.0 Å². The Morgan fingerprint density at radius 3 is 2.69 bits per heavy atom. The number of carbonyl (C=O) groups excluding carboxylic acids is 1. The van der Waals surface area contributed by atoms with Crippen molar-refractivity contribution >= 4 is 5.91 Å². The van der Waals surface area contributed by atoms with Crippen LogP contribution >= 0.6 is 0 Å². The van der Waals surface area contributed by atoms with Gasteiger partial charge in [-0.05, 0) is 20.3 Å². The maximum atomic E-state index is 11.6. The Balaban J connectivity index is 1.99. The van der Waals surface area contributed by atoms with Crippen LogP contribution in [0.3, 0.4) is 0 Å². The van der Waals surface area contributed by atoms with Crippen LogP contribution in [0, 0.1) is 0 Å². The minimum atomic E-state index is -1.02. The van der Waals surface area contributed by atoms with Crippen LogP contribution in [0.2, 0.25) is 0 Å². The van der Waals surface area contributed by atoms with Crippen molar-refractivity contribution in [3.63, 3.8) is 0 Å². The van der Waals surface area contributed by atoms with Crippen LogP contribution in [-0.4, -0.2) is 44.0 Å². The van der Waals surface area contributed by atoms with E-state index < -0.39 is 5.60 Å². The zero-order valence-electron chi connectivity index (χ0n) is 9.55. The lowest BCUT2D eigenvalue weighted by atomic mass is 10.1. The van der Waals surface area contributed by atoms with Crippen LogP contribution < -0.4 is 0 Å². The van der Waals surface area contributed by atoms with Crippen molar-refractivity contribution in [2.45, 2.75) is 32.4 Å².